The third kappa shape index (κ3) is 1.98. The van der Waals surface area contributed by atoms with Gasteiger partial charge in [0.15, 0.2) is 0 Å². The van der Waals surface area contributed by atoms with Crippen LogP contribution in [-0.2, 0) is 9.53 Å². The van der Waals surface area contributed by atoms with Gasteiger partial charge in [-0.1, -0.05) is 0 Å². The summed E-state index contributed by atoms with van der Waals surface area (Å²) in [7, 11) is 0. The fraction of sp³-hybridized carbons (Fsp3) is 0.273. The van der Waals surface area contributed by atoms with E-state index in [9.17, 15) is 9.59 Å². The maximum atomic E-state index is 11.5. The third-order valence-electron chi connectivity index (χ3n) is 2.24. The van der Waals surface area contributed by atoms with E-state index in [2.05, 4.69) is 10.6 Å². The Bertz CT molecular complexity index is 443. The first-order valence-electron chi connectivity index (χ1n) is 5.05. The number of fused-ring (bicyclic) bond motifs is 1. The molecule has 1 aliphatic heterocycles. The number of amides is 1. The van der Waals surface area contributed by atoms with Crippen molar-refractivity contribution < 1.29 is 14.3 Å². The topological polar surface area (TPSA) is 67.4 Å². The summed E-state index contributed by atoms with van der Waals surface area (Å²) in [6.07, 6.45) is 0. The molecule has 0 saturated carbocycles. The number of carbonyl (C=O) groups excluding carboxylic acids is 2. The Balaban J connectivity index is 2.27. The van der Waals surface area contributed by atoms with Crippen molar-refractivity contribution in [3.63, 3.8) is 0 Å². The number of benzene rings is 1. The summed E-state index contributed by atoms with van der Waals surface area (Å²) in [5.41, 5.74) is 1.86. The van der Waals surface area contributed by atoms with Crippen LogP contribution in [0.25, 0.3) is 0 Å². The monoisotopic (exact) mass is 220 g/mol. The lowest BCUT2D eigenvalue weighted by Gasteiger charge is -2.18. The van der Waals surface area contributed by atoms with Crippen LogP contribution in [-0.4, -0.2) is 25.0 Å². The molecule has 0 aliphatic carbocycles. The van der Waals surface area contributed by atoms with E-state index >= 15 is 0 Å². The van der Waals surface area contributed by atoms with Gasteiger partial charge in [-0.15, -0.1) is 0 Å². The molecule has 1 aromatic rings. The molecule has 0 spiro atoms. The third-order valence-corrected chi connectivity index (χ3v) is 2.24. The van der Waals surface area contributed by atoms with E-state index in [0.717, 1.165) is 5.69 Å². The molecule has 1 aromatic carbocycles. The summed E-state index contributed by atoms with van der Waals surface area (Å²) >= 11 is 0. The van der Waals surface area contributed by atoms with E-state index in [-0.39, 0.29) is 18.4 Å². The summed E-state index contributed by atoms with van der Waals surface area (Å²) in [5, 5.41) is 5.63. The van der Waals surface area contributed by atoms with Crippen LogP contribution in [0.15, 0.2) is 18.2 Å². The number of nitrogens with one attached hydrogen (secondary N) is 2. The van der Waals surface area contributed by atoms with Crippen molar-refractivity contribution in [1.82, 2.24) is 0 Å². The molecule has 2 N–H and O–H groups in total. The van der Waals surface area contributed by atoms with E-state index in [4.69, 9.17) is 4.74 Å². The van der Waals surface area contributed by atoms with Crippen LogP contribution < -0.4 is 10.6 Å². The molecule has 0 radical (unpaired) electrons. The van der Waals surface area contributed by atoms with Gasteiger partial charge in [-0.2, -0.15) is 0 Å². The molecule has 1 heterocycles. The van der Waals surface area contributed by atoms with Crippen LogP contribution >= 0.6 is 0 Å². The second-order valence-electron chi connectivity index (χ2n) is 3.38. The first-order valence-corrected chi connectivity index (χ1v) is 5.05. The molecule has 1 amide bonds. The van der Waals surface area contributed by atoms with Crippen LogP contribution in [0, 0.1) is 0 Å². The fourth-order valence-corrected chi connectivity index (χ4v) is 1.51. The zero-order chi connectivity index (χ0) is 11.5. The zero-order valence-corrected chi connectivity index (χ0v) is 8.87. The van der Waals surface area contributed by atoms with E-state index in [1.165, 1.54) is 0 Å². The normalized spacial score (nSPS) is 13.4. The van der Waals surface area contributed by atoms with Crippen molar-refractivity contribution in [2.45, 2.75) is 6.92 Å². The Labute approximate surface area is 92.8 Å². The van der Waals surface area contributed by atoms with Crippen LogP contribution in [0.2, 0.25) is 0 Å². The van der Waals surface area contributed by atoms with Crippen molar-refractivity contribution >= 4 is 23.3 Å². The number of anilines is 2. The van der Waals surface area contributed by atoms with Crippen molar-refractivity contribution in [3.8, 4) is 0 Å². The number of esters is 1. The van der Waals surface area contributed by atoms with Gasteiger partial charge in [0, 0.05) is 0 Å². The second-order valence-corrected chi connectivity index (χ2v) is 3.38. The largest absolute Gasteiger partial charge is 0.462 e. The molecule has 84 valence electrons. The Kier molecular flexibility index (Phi) is 2.76. The van der Waals surface area contributed by atoms with Gasteiger partial charge in [0.25, 0.3) is 0 Å². The Morgan fingerprint density at radius 3 is 3.00 bits per heavy atom. The molecule has 0 atom stereocenters. The van der Waals surface area contributed by atoms with Gasteiger partial charge in [-0.05, 0) is 25.1 Å². The van der Waals surface area contributed by atoms with Gasteiger partial charge >= 0.3 is 5.97 Å². The van der Waals surface area contributed by atoms with E-state index < -0.39 is 0 Å². The average molecular weight is 220 g/mol. The second kappa shape index (κ2) is 4.22. The highest BCUT2D eigenvalue weighted by atomic mass is 16.5. The minimum atomic E-state index is -0.384. The standard InChI is InChI=1S/C11H12N2O3/c1-2-16-11(15)7-3-4-8-9(5-7)13-10(14)6-12-8/h3-5,12H,2,6H2,1H3,(H,13,14). The maximum Gasteiger partial charge on any atom is 0.338 e. The fourth-order valence-electron chi connectivity index (χ4n) is 1.51. The molecule has 1 aliphatic rings. The van der Waals surface area contributed by atoms with Crippen LogP contribution in [0.1, 0.15) is 17.3 Å². The minimum absolute atomic E-state index is 0.117. The van der Waals surface area contributed by atoms with E-state index in [1.807, 2.05) is 0 Å². The number of hydrogen-bond donors (Lipinski definition) is 2. The summed E-state index contributed by atoms with van der Waals surface area (Å²) in [6.45, 7) is 2.34. The maximum absolute atomic E-state index is 11.5. The Morgan fingerprint density at radius 2 is 2.25 bits per heavy atom. The molecular weight excluding hydrogens is 208 g/mol. The van der Waals surface area contributed by atoms with E-state index in [1.54, 1.807) is 25.1 Å². The lowest BCUT2D eigenvalue weighted by Crippen LogP contribution is -2.27. The molecule has 16 heavy (non-hydrogen) atoms. The number of carbonyl (C=O) groups is 2. The Morgan fingerprint density at radius 1 is 1.44 bits per heavy atom. The van der Waals surface area contributed by atoms with E-state index in [0.29, 0.717) is 17.9 Å². The molecule has 5 nitrogen and oxygen atoms in total. The quantitative estimate of drug-likeness (QED) is 0.735. The highest BCUT2D eigenvalue weighted by Crippen LogP contribution is 2.25. The Hall–Kier alpha value is -2.04. The molecule has 0 bridgehead atoms. The first-order chi connectivity index (χ1) is 7.70. The van der Waals surface area contributed by atoms with Crippen molar-refractivity contribution in [3.05, 3.63) is 23.8 Å². The number of hydrogen-bond acceptors (Lipinski definition) is 4. The first kappa shape index (κ1) is 10.5. The molecular formula is C11H12N2O3. The van der Waals surface area contributed by atoms with Gasteiger partial charge < -0.3 is 15.4 Å². The van der Waals surface area contributed by atoms with Gasteiger partial charge in [0.2, 0.25) is 5.91 Å². The van der Waals surface area contributed by atoms with Gasteiger partial charge in [0.1, 0.15) is 0 Å². The predicted molar refractivity (Wildman–Crippen MR) is 59.5 cm³/mol. The molecule has 0 saturated heterocycles. The average Bonchev–Trinajstić information content (AvgIpc) is 2.28. The van der Waals surface area contributed by atoms with Crippen LogP contribution in [0.3, 0.4) is 0 Å². The lowest BCUT2D eigenvalue weighted by molar-refractivity contribution is -0.114. The predicted octanol–water partition coefficient (Wildman–Crippen LogP) is 1.23. The van der Waals surface area contributed by atoms with Crippen molar-refractivity contribution in [1.29, 1.82) is 0 Å². The molecule has 0 aromatic heterocycles. The summed E-state index contributed by atoms with van der Waals surface area (Å²) in [6, 6.07) is 5.03. The molecule has 2 rings (SSSR count). The SMILES string of the molecule is CCOC(=O)c1ccc2c(c1)NC(=O)CN2. The highest BCUT2D eigenvalue weighted by molar-refractivity contribution is 6.02. The van der Waals surface area contributed by atoms with Gasteiger partial charge in [-0.25, -0.2) is 4.79 Å². The number of ether oxygens (including phenoxy) is 1. The van der Waals surface area contributed by atoms with Crippen molar-refractivity contribution in [2.75, 3.05) is 23.8 Å². The molecule has 0 unspecified atom stereocenters. The summed E-state index contributed by atoms with van der Waals surface area (Å²) in [4.78, 5) is 22.6. The summed E-state index contributed by atoms with van der Waals surface area (Å²) < 4.78 is 4.87. The van der Waals surface area contributed by atoms with Crippen LogP contribution in [0.5, 0.6) is 0 Å². The summed E-state index contributed by atoms with van der Waals surface area (Å²) in [5.74, 6) is -0.501. The lowest BCUT2D eigenvalue weighted by atomic mass is 10.1. The smallest absolute Gasteiger partial charge is 0.338 e. The zero-order valence-electron chi connectivity index (χ0n) is 8.87. The highest BCUT2D eigenvalue weighted by Gasteiger charge is 2.16. The van der Waals surface area contributed by atoms with Crippen molar-refractivity contribution in [2.24, 2.45) is 0 Å². The molecule has 0 fully saturated rings. The van der Waals surface area contributed by atoms with Gasteiger partial charge in [-0.3, -0.25) is 4.79 Å². The molecule has 5 heteroatoms. The number of rotatable bonds is 2. The van der Waals surface area contributed by atoms with Crippen LogP contribution in [0.4, 0.5) is 11.4 Å². The minimum Gasteiger partial charge on any atom is -0.462 e. The van der Waals surface area contributed by atoms with Gasteiger partial charge in [0.05, 0.1) is 30.1 Å².